The van der Waals surface area contributed by atoms with Crippen LogP contribution in [0, 0.1) is 5.82 Å². The highest BCUT2D eigenvalue weighted by Crippen LogP contribution is 2.43. The second-order valence-corrected chi connectivity index (χ2v) is 8.93. The summed E-state index contributed by atoms with van der Waals surface area (Å²) in [6.45, 7) is 0.726. The Morgan fingerprint density at radius 3 is 2.81 bits per heavy atom. The maximum Gasteiger partial charge on any atom is 0.420 e. The Bertz CT molecular complexity index is 1080. The molecule has 32 heavy (non-hydrogen) atoms. The van der Waals surface area contributed by atoms with Gasteiger partial charge in [0.05, 0.1) is 11.9 Å². The number of rotatable bonds is 7. The molecule has 3 heterocycles. The van der Waals surface area contributed by atoms with Crippen LogP contribution < -0.4 is 11.1 Å². The molecule has 0 saturated heterocycles. The van der Waals surface area contributed by atoms with E-state index in [0.29, 0.717) is 31.4 Å². The van der Waals surface area contributed by atoms with Gasteiger partial charge in [-0.2, -0.15) is 18.3 Å². The highest BCUT2D eigenvalue weighted by molar-refractivity contribution is 7.12. The van der Waals surface area contributed by atoms with Crippen molar-refractivity contribution in [3.63, 3.8) is 0 Å². The van der Waals surface area contributed by atoms with Gasteiger partial charge in [-0.25, -0.2) is 4.39 Å². The number of ether oxygens (including phenoxy) is 1. The smallest absolute Gasteiger partial charge is 0.361 e. The summed E-state index contributed by atoms with van der Waals surface area (Å²) in [5, 5.41) is 7.30. The van der Waals surface area contributed by atoms with Crippen molar-refractivity contribution in [3.05, 3.63) is 63.2 Å². The Hall–Kier alpha value is -2.27. The van der Waals surface area contributed by atoms with Crippen LogP contribution >= 0.6 is 11.3 Å². The van der Waals surface area contributed by atoms with E-state index in [1.807, 2.05) is 6.07 Å². The molecule has 172 valence electrons. The minimum absolute atomic E-state index is 0.109. The fourth-order valence-corrected chi connectivity index (χ4v) is 5.28. The van der Waals surface area contributed by atoms with Gasteiger partial charge in [0.2, 0.25) is 0 Å². The summed E-state index contributed by atoms with van der Waals surface area (Å²) in [5.74, 6) is -0.319. The molecule has 3 aromatic rings. The average Bonchev–Trinajstić information content (AvgIpc) is 3.32. The Morgan fingerprint density at radius 1 is 1.31 bits per heavy atom. The van der Waals surface area contributed by atoms with Crippen LogP contribution in [-0.2, 0) is 30.3 Å². The number of methoxy groups -OCH3 is 1. The van der Waals surface area contributed by atoms with Gasteiger partial charge >= 0.3 is 6.18 Å². The lowest BCUT2D eigenvalue weighted by Crippen LogP contribution is -2.40. The molecule has 5 nitrogen and oxygen atoms in total. The molecule has 1 aliphatic rings. The number of hydrogen-bond acceptors (Lipinski definition) is 5. The molecule has 0 amide bonds. The molecule has 1 unspecified atom stereocenters. The first kappa shape index (κ1) is 22.9. The maximum absolute atomic E-state index is 13.6. The summed E-state index contributed by atoms with van der Waals surface area (Å²) in [6.07, 6.45) is -2.28. The Kier molecular flexibility index (Phi) is 6.66. The molecule has 1 aliphatic heterocycles. The fourth-order valence-electron chi connectivity index (χ4n) is 4.04. The van der Waals surface area contributed by atoms with E-state index < -0.39 is 18.0 Å². The second-order valence-electron chi connectivity index (χ2n) is 7.77. The number of nitrogens with one attached hydrogen (secondary N) is 1. The number of alkyl halides is 3. The predicted octanol–water partition coefficient (Wildman–Crippen LogP) is 4.52. The molecule has 2 aromatic heterocycles. The van der Waals surface area contributed by atoms with Crippen molar-refractivity contribution in [2.45, 2.75) is 44.3 Å². The van der Waals surface area contributed by atoms with Crippen LogP contribution in [0.25, 0.3) is 11.3 Å². The molecule has 0 bridgehead atoms. The van der Waals surface area contributed by atoms with E-state index in [1.165, 1.54) is 35.3 Å². The van der Waals surface area contributed by atoms with Gasteiger partial charge in [-0.1, -0.05) is 12.1 Å². The van der Waals surface area contributed by atoms with E-state index in [-0.39, 0.29) is 24.1 Å². The third-order valence-electron chi connectivity index (χ3n) is 5.54. The summed E-state index contributed by atoms with van der Waals surface area (Å²) in [4.78, 5) is 1.64. The van der Waals surface area contributed by atoms with Crippen molar-refractivity contribution < 1.29 is 22.3 Å². The molecule has 0 radical (unpaired) electrons. The van der Waals surface area contributed by atoms with Gasteiger partial charge in [-0.05, 0) is 43.0 Å². The lowest BCUT2D eigenvalue weighted by molar-refractivity contribution is -0.137. The number of halogens is 4. The molecule has 4 rings (SSSR count). The van der Waals surface area contributed by atoms with Crippen LogP contribution in [-0.4, -0.2) is 29.5 Å². The van der Waals surface area contributed by atoms with Gasteiger partial charge < -0.3 is 10.5 Å². The molecule has 0 saturated carbocycles. The molecule has 1 aromatic carbocycles. The van der Waals surface area contributed by atoms with Crippen LogP contribution in [0.3, 0.4) is 0 Å². The van der Waals surface area contributed by atoms with Crippen molar-refractivity contribution in [2.24, 2.45) is 5.73 Å². The van der Waals surface area contributed by atoms with Crippen molar-refractivity contribution >= 4 is 11.3 Å². The number of benzene rings is 1. The molecule has 2 atom stereocenters. The van der Waals surface area contributed by atoms with Gasteiger partial charge in [0, 0.05) is 41.6 Å². The standard InChI is InChI=1S/C22H24F4N4OS/c1-31-21(29-15(11-27)9-13-4-2-5-14(23)8-13)19-10-16-18(32-19)6-3-7-30-20(16)17(12-28-30)22(24,25)26/h2,4-5,8,10,12,15,21,29H,3,6-7,9,11,27H2,1H3/t15-,21?/m0/s1. The summed E-state index contributed by atoms with van der Waals surface area (Å²) in [5.41, 5.74) is 6.66. The monoisotopic (exact) mass is 468 g/mol. The Labute approximate surface area is 187 Å². The molecular formula is C22H24F4N4OS. The van der Waals surface area contributed by atoms with E-state index in [2.05, 4.69) is 10.4 Å². The highest BCUT2D eigenvalue weighted by atomic mass is 32.1. The minimum atomic E-state index is -4.48. The third-order valence-corrected chi connectivity index (χ3v) is 6.78. The molecule has 0 fully saturated rings. The van der Waals surface area contributed by atoms with Crippen LogP contribution in [0.2, 0.25) is 0 Å². The van der Waals surface area contributed by atoms with Gasteiger partial charge in [0.25, 0.3) is 0 Å². The lowest BCUT2D eigenvalue weighted by Gasteiger charge is -2.23. The third kappa shape index (κ3) is 4.73. The fraction of sp³-hybridized carbons (Fsp3) is 0.409. The van der Waals surface area contributed by atoms with Gasteiger partial charge in [-0.15, -0.1) is 11.3 Å². The summed E-state index contributed by atoms with van der Waals surface area (Å²) >= 11 is 1.43. The zero-order chi connectivity index (χ0) is 22.9. The van der Waals surface area contributed by atoms with E-state index in [9.17, 15) is 17.6 Å². The van der Waals surface area contributed by atoms with E-state index in [4.69, 9.17) is 10.5 Å². The van der Waals surface area contributed by atoms with Crippen molar-refractivity contribution in [2.75, 3.05) is 13.7 Å². The highest BCUT2D eigenvalue weighted by Gasteiger charge is 2.38. The van der Waals surface area contributed by atoms with Crippen molar-refractivity contribution in [1.29, 1.82) is 0 Å². The zero-order valence-corrected chi connectivity index (χ0v) is 18.3. The number of thiophene rings is 1. The number of aryl methyl sites for hydroxylation is 2. The summed E-state index contributed by atoms with van der Waals surface area (Å²) in [6, 6.07) is 7.85. The summed E-state index contributed by atoms with van der Waals surface area (Å²) in [7, 11) is 1.53. The van der Waals surface area contributed by atoms with Gasteiger partial charge in [0.15, 0.2) is 0 Å². The molecule has 3 N–H and O–H groups in total. The summed E-state index contributed by atoms with van der Waals surface area (Å²) < 4.78 is 61.4. The van der Waals surface area contributed by atoms with Crippen molar-refractivity contribution in [1.82, 2.24) is 15.1 Å². The van der Waals surface area contributed by atoms with Crippen molar-refractivity contribution in [3.8, 4) is 11.3 Å². The molecule has 0 aliphatic carbocycles. The number of fused-ring (bicyclic) bond motifs is 3. The van der Waals surface area contributed by atoms with Gasteiger partial charge in [0.1, 0.15) is 17.6 Å². The van der Waals surface area contributed by atoms with E-state index in [1.54, 1.807) is 12.1 Å². The van der Waals surface area contributed by atoms with E-state index in [0.717, 1.165) is 21.5 Å². The number of nitrogens with two attached hydrogens (primary N) is 1. The number of hydrogen-bond donors (Lipinski definition) is 2. The maximum atomic E-state index is 13.6. The average molecular weight is 469 g/mol. The van der Waals surface area contributed by atoms with Gasteiger partial charge in [-0.3, -0.25) is 10.00 Å². The largest absolute Gasteiger partial charge is 0.420 e. The van der Waals surface area contributed by atoms with Crippen LogP contribution in [0.5, 0.6) is 0 Å². The SMILES string of the molecule is COC(N[C@H](CN)Cc1cccc(F)c1)c1cc2c(s1)CCCn1ncc(C(F)(F)F)c1-2. The molecule has 0 spiro atoms. The molecular weight excluding hydrogens is 444 g/mol. The van der Waals surface area contributed by atoms with E-state index >= 15 is 0 Å². The quantitative estimate of drug-likeness (QED) is 0.395. The first-order chi connectivity index (χ1) is 15.3. The first-order valence-corrected chi connectivity index (χ1v) is 11.1. The molecule has 10 heteroatoms. The first-order valence-electron chi connectivity index (χ1n) is 10.3. The van der Waals surface area contributed by atoms with Crippen LogP contribution in [0.4, 0.5) is 17.6 Å². The zero-order valence-electron chi connectivity index (χ0n) is 17.5. The number of aromatic nitrogens is 2. The van der Waals surface area contributed by atoms with Crippen LogP contribution in [0.15, 0.2) is 36.5 Å². The number of nitrogens with zero attached hydrogens (tertiary/aromatic N) is 2. The second kappa shape index (κ2) is 9.30. The normalized spacial score (nSPS) is 15.7. The Morgan fingerprint density at radius 2 is 2.12 bits per heavy atom. The topological polar surface area (TPSA) is 65.1 Å². The lowest BCUT2D eigenvalue weighted by atomic mass is 10.1. The Balaban J connectivity index is 1.62. The minimum Gasteiger partial charge on any atom is -0.361 e. The van der Waals surface area contributed by atoms with Crippen LogP contribution in [0.1, 0.15) is 33.5 Å². The predicted molar refractivity (Wildman–Crippen MR) is 115 cm³/mol.